The summed E-state index contributed by atoms with van der Waals surface area (Å²) in [4.78, 5) is 2.34. The Kier molecular flexibility index (Phi) is 4.10. The maximum atomic E-state index is 8.63. The Balaban J connectivity index is 2.46. The van der Waals surface area contributed by atoms with E-state index in [-0.39, 0.29) is 0 Å². The van der Waals surface area contributed by atoms with Gasteiger partial charge in [-0.15, -0.1) is 0 Å². The van der Waals surface area contributed by atoms with Crippen molar-refractivity contribution in [2.75, 3.05) is 13.1 Å². The highest BCUT2D eigenvalue weighted by molar-refractivity contribution is 4.82. The summed E-state index contributed by atoms with van der Waals surface area (Å²) in [6.07, 6.45) is 6.46. The van der Waals surface area contributed by atoms with Crippen LogP contribution in [0.2, 0.25) is 0 Å². The van der Waals surface area contributed by atoms with Gasteiger partial charge in [0, 0.05) is 6.04 Å². The van der Waals surface area contributed by atoms with Crippen molar-refractivity contribution >= 4 is 0 Å². The van der Waals surface area contributed by atoms with E-state index in [2.05, 4.69) is 17.9 Å². The Morgan fingerprint density at radius 3 is 2.92 bits per heavy atom. The van der Waals surface area contributed by atoms with E-state index in [4.69, 9.17) is 5.26 Å². The number of hydrogen-bond acceptors (Lipinski definition) is 2. The minimum atomic E-state index is 0.624. The molecule has 0 aromatic heterocycles. The summed E-state index contributed by atoms with van der Waals surface area (Å²) in [5.74, 6) is 0. The van der Waals surface area contributed by atoms with E-state index < -0.39 is 0 Å². The summed E-state index contributed by atoms with van der Waals surface area (Å²) in [7, 11) is 0. The third-order valence-corrected chi connectivity index (χ3v) is 2.74. The topological polar surface area (TPSA) is 27.0 Å². The van der Waals surface area contributed by atoms with Crippen LogP contribution >= 0.6 is 0 Å². The molecule has 12 heavy (non-hydrogen) atoms. The van der Waals surface area contributed by atoms with Crippen molar-refractivity contribution in [3.05, 3.63) is 0 Å². The van der Waals surface area contributed by atoms with Crippen LogP contribution in [0.3, 0.4) is 0 Å². The first-order chi connectivity index (χ1) is 5.88. The quantitative estimate of drug-likeness (QED) is 0.588. The average Bonchev–Trinajstić information content (AvgIpc) is 2.30. The zero-order chi connectivity index (χ0) is 8.81. The zero-order valence-corrected chi connectivity index (χ0v) is 7.92. The second-order valence-corrected chi connectivity index (χ2v) is 3.54. The summed E-state index contributed by atoms with van der Waals surface area (Å²) in [6.45, 7) is 3.98. The van der Waals surface area contributed by atoms with Gasteiger partial charge in [0.05, 0.1) is 12.6 Å². The molecule has 1 saturated heterocycles. The van der Waals surface area contributed by atoms with Crippen molar-refractivity contribution in [1.29, 1.82) is 5.26 Å². The zero-order valence-electron chi connectivity index (χ0n) is 7.92. The van der Waals surface area contributed by atoms with Gasteiger partial charge >= 0.3 is 0 Å². The first kappa shape index (κ1) is 9.54. The molecule has 1 aliphatic rings. The standard InChI is InChI=1S/C10H18N2/c1-2-10-6-4-3-5-8-12(10)9-7-11/h10H,2-6,8-9H2,1H3. The van der Waals surface area contributed by atoms with Gasteiger partial charge in [0.25, 0.3) is 0 Å². The SMILES string of the molecule is CCC1CCCCCN1CC#N. The molecular weight excluding hydrogens is 148 g/mol. The van der Waals surface area contributed by atoms with Gasteiger partial charge in [-0.1, -0.05) is 19.8 Å². The van der Waals surface area contributed by atoms with Gasteiger partial charge in [0.1, 0.15) is 0 Å². The fourth-order valence-electron chi connectivity index (χ4n) is 2.00. The van der Waals surface area contributed by atoms with Crippen LogP contribution in [0.15, 0.2) is 0 Å². The van der Waals surface area contributed by atoms with Crippen molar-refractivity contribution in [3.8, 4) is 6.07 Å². The number of hydrogen-bond donors (Lipinski definition) is 0. The molecule has 0 aromatic carbocycles. The molecule has 0 aromatic rings. The van der Waals surface area contributed by atoms with E-state index in [1.807, 2.05) is 0 Å². The normalized spacial score (nSPS) is 26.2. The highest BCUT2D eigenvalue weighted by atomic mass is 15.1. The molecule has 0 bridgehead atoms. The summed E-state index contributed by atoms with van der Waals surface area (Å²) in [5, 5.41) is 8.63. The molecule has 2 heteroatoms. The van der Waals surface area contributed by atoms with Gasteiger partial charge in [-0.3, -0.25) is 4.90 Å². The Hall–Kier alpha value is -0.550. The van der Waals surface area contributed by atoms with Gasteiger partial charge in [0.15, 0.2) is 0 Å². The molecule has 0 radical (unpaired) electrons. The summed E-state index contributed by atoms with van der Waals surface area (Å²) in [6, 6.07) is 2.93. The van der Waals surface area contributed by atoms with Crippen molar-refractivity contribution < 1.29 is 0 Å². The maximum absolute atomic E-state index is 8.63. The largest absolute Gasteiger partial charge is 0.288 e. The fourth-order valence-corrected chi connectivity index (χ4v) is 2.00. The molecule has 1 rings (SSSR count). The Labute approximate surface area is 75.2 Å². The van der Waals surface area contributed by atoms with E-state index in [1.54, 1.807) is 0 Å². The lowest BCUT2D eigenvalue weighted by molar-refractivity contribution is 0.218. The van der Waals surface area contributed by atoms with E-state index in [0.717, 1.165) is 6.54 Å². The molecule has 1 unspecified atom stereocenters. The van der Waals surface area contributed by atoms with Gasteiger partial charge in [-0.2, -0.15) is 5.26 Å². The fraction of sp³-hybridized carbons (Fsp3) is 0.900. The molecule has 68 valence electrons. The van der Waals surface area contributed by atoms with Crippen LogP contribution in [0.1, 0.15) is 39.0 Å². The van der Waals surface area contributed by atoms with Gasteiger partial charge < -0.3 is 0 Å². The molecule has 1 fully saturated rings. The predicted molar refractivity (Wildman–Crippen MR) is 49.7 cm³/mol. The smallest absolute Gasteiger partial charge is 0.0868 e. The first-order valence-electron chi connectivity index (χ1n) is 4.99. The third kappa shape index (κ3) is 2.49. The lowest BCUT2D eigenvalue weighted by atomic mass is 10.1. The molecular formula is C10H18N2. The highest BCUT2D eigenvalue weighted by Gasteiger charge is 2.18. The minimum Gasteiger partial charge on any atom is -0.288 e. The molecule has 1 heterocycles. The summed E-state index contributed by atoms with van der Waals surface area (Å²) in [5.41, 5.74) is 0. The van der Waals surface area contributed by atoms with Gasteiger partial charge in [0.2, 0.25) is 0 Å². The highest BCUT2D eigenvalue weighted by Crippen LogP contribution is 2.18. The van der Waals surface area contributed by atoms with E-state index in [1.165, 1.54) is 32.1 Å². The molecule has 1 atom stereocenters. The van der Waals surface area contributed by atoms with Gasteiger partial charge in [-0.25, -0.2) is 0 Å². The minimum absolute atomic E-state index is 0.624. The molecule has 1 aliphatic heterocycles. The van der Waals surface area contributed by atoms with E-state index in [9.17, 15) is 0 Å². The number of rotatable bonds is 2. The van der Waals surface area contributed by atoms with Crippen molar-refractivity contribution in [3.63, 3.8) is 0 Å². The van der Waals surface area contributed by atoms with E-state index >= 15 is 0 Å². The Morgan fingerprint density at radius 1 is 1.42 bits per heavy atom. The second kappa shape index (κ2) is 5.16. The summed E-state index contributed by atoms with van der Waals surface area (Å²) >= 11 is 0. The van der Waals surface area contributed by atoms with Gasteiger partial charge in [-0.05, 0) is 25.8 Å². The Morgan fingerprint density at radius 2 is 2.25 bits per heavy atom. The van der Waals surface area contributed by atoms with Crippen LogP contribution in [0.4, 0.5) is 0 Å². The monoisotopic (exact) mass is 166 g/mol. The predicted octanol–water partition coefficient (Wildman–Crippen LogP) is 2.16. The van der Waals surface area contributed by atoms with Crippen molar-refractivity contribution in [1.82, 2.24) is 4.90 Å². The molecule has 0 spiro atoms. The van der Waals surface area contributed by atoms with Crippen LogP contribution in [0, 0.1) is 11.3 Å². The maximum Gasteiger partial charge on any atom is 0.0868 e. The molecule has 0 N–H and O–H groups in total. The molecule has 2 nitrogen and oxygen atoms in total. The van der Waals surface area contributed by atoms with E-state index in [0.29, 0.717) is 12.6 Å². The average molecular weight is 166 g/mol. The molecule has 0 amide bonds. The van der Waals surface area contributed by atoms with Crippen LogP contribution in [0.5, 0.6) is 0 Å². The first-order valence-corrected chi connectivity index (χ1v) is 4.99. The summed E-state index contributed by atoms with van der Waals surface area (Å²) < 4.78 is 0. The van der Waals surface area contributed by atoms with Crippen LogP contribution in [-0.4, -0.2) is 24.0 Å². The lowest BCUT2D eigenvalue weighted by Gasteiger charge is -2.26. The number of nitrogens with zero attached hydrogens (tertiary/aromatic N) is 2. The Bertz CT molecular complexity index is 160. The van der Waals surface area contributed by atoms with Crippen LogP contribution < -0.4 is 0 Å². The molecule has 0 aliphatic carbocycles. The third-order valence-electron chi connectivity index (χ3n) is 2.74. The molecule has 0 saturated carbocycles. The number of nitriles is 1. The lowest BCUT2D eigenvalue weighted by Crippen LogP contribution is -2.34. The number of likely N-dealkylation sites (tertiary alicyclic amines) is 1. The van der Waals surface area contributed by atoms with Crippen molar-refractivity contribution in [2.45, 2.75) is 45.1 Å². The van der Waals surface area contributed by atoms with Crippen LogP contribution in [-0.2, 0) is 0 Å². The van der Waals surface area contributed by atoms with Crippen molar-refractivity contribution in [2.24, 2.45) is 0 Å². The second-order valence-electron chi connectivity index (χ2n) is 3.54. The van der Waals surface area contributed by atoms with Crippen LogP contribution in [0.25, 0.3) is 0 Å².